The molecular formula is C16H32N2S. The second-order valence-electron chi connectivity index (χ2n) is 6.86. The van der Waals surface area contributed by atoms with E-state index in [1.807, 2.05) is 0 Å². The number of nitrogens with zero attached hydrogens (tertiary/aromatic N) is 1. The van der Waals surface area contributed by atoms with Crippen molar-refractivity contribution in [3.63, 3.8) is 0 Å². The van der Waals surface area contributed by atoms with Gasteiger partial charge < -0.3 is 10.2 Å². The average molecular weight is 285 g/mol. The number of thioether (sulfide) groups is 1. The molecule has 1 heterocycles. The van der Waals surface area contributed by atoms with Crippen molar-refractivity contribution >= 4 is 11.8 Å². The maximum Gasteiger partial charge on any atom is 0.00940 e. The van der Waals surface area contributed by atoms with Crippen LogP contribution in [0.3, 0.4) is 0 Å². The zero-order valence-electron chi connectivity index (χ0n) is 13.0. The summed E-state index contributed by atoms with van der Waals surface area (Å²) < 4.78 is 0. The van der Waals surface area contributed by atoms with Crippen LogP contribution in [0.4, 0.5) is 0 Å². The highest BCUT2D eigenvalue weighted by Crippen LogP contribution is 2.27. The van der Waals surface area contributed by atoms with Crippen LogP contribution in [0.15, 0.2) is 0 Å². The molecule has 0 aromatic carbocycles. The molecule has 2 nitrogen and oxygen atoms in total. The molecule has 0 spiro atoms. The van der Waals surface area contributed by atoms with Crippen molar-refractivity contribution in [3.05, 3.63) is 0 Å². The fourth-order valence-electron chi connectivity index (χ4n) is 3.64. The molecule has 2 atom stereocenters. The van der Waals surface area contributed by atoms with Crippen LogP contribution in [-0.2, 0) is 0 Å². The van der Waals surface area contributed by atoms with Crippen molar-refractivity contribution < 1.29 is 0 Å². The van der Waals surface area contributed by atoms with Crippen LogP contribution >= 0.6 is 11.8 Å². The zero-order valence-corrected chi connectivity index (χ0v) is 13.8. The van der Waals surface area contributed by atoms with E-state index in [9.17, 15) is 0 Å². The highest BCUT2D eigenvalue weighted by molar-refractivity contribution is 7.99. The van der Waals surface area contributed by atoms with Gasteiger partial charge in [-0.3, -0.25) is 0 Å². The van der Waals surface area contributed by atoms with E-state index in [4.69, 9.17) is 0 Å². The Bertz CT molecular complexity index is 249. The quantitative estimate of drug-likeness (QED) is 0.833. The first kappa shape index (κ1) is 15.7. The van der Waals surface area contributed by atoms with E-state index >= 15 is 0 Å². The second-order valence-corrected chi connectivity index (χ2v) is 7.99. The minimum Gasteiger partial charge on any atom is -0.311 e. The molecule has 3 heteroatoms. The Morgan fingerprint density at radius 3 is 2.47 bits per heavy atom. The van der Waals surface area contributed by atoms with Crippen LogP contribution in [0, 0.1) is 5.92 Å². The molecule has 2 rings (SSSR count). The first-order chi connectivity index (χ1) is 9.17. The molecule has 2 aliphatic rings. The highest BCUT2D eigenvalue weighted by Gasteiger charge is 2.25. The minimum atomic E-state index is 0.786. The highest BCUT2D eigenvalue weighted by atomic mass is 32.2. The molecule has 0 radical (unpaired) electrons. The van der Waals surface area contributed by atoms with E-state index in [0.717, 1.165) is 23.3 Å². The predicted octanol–water partition coefficient (Wildman–Crippen LogP) is 3.37. The Hall–Kier alpha value is 0.270. The van der Waals surface area contributed by atoms with Crippen LogP contribution in [0.25, 0.3) is 0 Å². The van der Waals surface area contributed by atoms with Crippen molar-refractivity contribution in [3.8, 4) is 0 Å². The standard InChI is InChI=1S/C16H32N2S/c1-13(2)12-18-9-7-14(8-10-18)17-15-5-4-6-16(11-15)19-3/h13-17H,4-12H2,1-3H3. The topological polar surface area (TPSA) is 15.3 Å². The molecule has 1 saturated heterocycles. The molecule has 2 unspecified atom stereocenters. The summed E-state index contributed by atoms with van der Waals surface area (Å²) in [4.78, 5) is 2.65. The van der Waals surface area contributed by atoms with Gasteiger partial charge in [0.1, 0.15) is 0 Å². The average Bonchev–Trinajstić information content (AvgIpc) is 2.41. The Labute approximate surface area is 124 Å². The summed E-state index contributed by atoms with van der Waals surface area (Å²) in [6.07, 6.45) is 10.6. The third kappa shape index (κ3) is 5.28. The molecule has 19 heavy (non-hydrogen) atoms. The van der Waals surface area contributed by atoms with Gasteiger partial charge in [0.2, 0.25) is 0 Å². The molecule has 1 saturated carbocycles. The molecule has 0 aromatic heterocycles. The molecule has 0 aromatic rings. The van der Waals surface area contributed by atoms with Crippen LogP contribution in [-0.4, -0.2) is 48.1 Å². The number of likely N-dealkylation sites (tertiary alicyclic amines) is 1. The predicted molar refractivity (Wildman–Crippen MR) is 87.0 cm³/mol. The molecule has 2 fully saturated rings. The maximum atomic E-state index is 3.96. The first-order valence-corrected chi connectivity index (χ1v) is 9.47. The van der Waals surface area contributed by atoms with Gasteiger partial charge in [0.15, 0.2) is 0 Å². The summed E-state index contributed by atoms with van der Waals surface area (Å²) in [7, 11) is 0. The van der Waals surface area contributed by atoms with Gasteiger partial charge in [-0.05, 0) is 57.4 Å². The number of nitrogens with one attached hydrogen (secondary N) is 1. The normalized spacial score (nSPS) is 30.9. The maximum absolute atomic E-state index is 3.96. The Morgan fingerprint density at radius 2 is 1.84 bits per heavy atom. The van der Waals surface area contributed by atoms with Gasteiger partial charge in [0, 0.05) is 23.9 Å². The molecular weight excluding hydrogens is 252 g/mol. The third-order valence-corrected chi connectivity index (χ3v) is 5.74. The molecule has 1 aliphatic carbocycles. The summed E-state index contributed by atoms with van der Waals surface area (Å²) in [5, 5.41) is 4.87. The largest absolute Gasteiger partial charge is 0.311 e. The van der Waals surface area contributed by atoms with Crippen molar-refractivity contribution in [1.82, 2.24) is 10.2 Å². The third-order valence-electron chi connectivity index (χ3n) is 4.64. The summed E-state index contributed by atoms with van der Waals surface area (Å²) in [6, 6.07) is 1.59. The fourth-order valence-corrected chi connectivity index (χ4v) is 4.47. The van der Waals surface area contributed by atoms with E-state index in [1.54, 1.807) is 0 Å². The van der Waals surface area contributed by atoms with E-state index in [1.165, 1.54) is 58.2 Å². The van der Waals surface area contributed by atoms with E-state index in [0.29, 0.717) is 0 Å². The summed E-state index contributed by atoms with van der Waals surface area (Å²) in [5.74, 6) is 0.810. The van der Waals surface area contributed by atoms with Gasteiger partial charge in [0.25, 0.3) is 0 Å². The monoisotopic (exact) mass is 284 g/mol. The lowest BCUT2D eigenvalue weighted by Gasteiger charge is -2.37. The Morgan fingerprint density at radius 1 is 1.11 bits per heavy atom. The second kappa shape index (κ2) is 7.90. The van der Waals surface area contributed by atoms with Gasteiger partial charge >= 0.3 is 0 Å². The number of hydrogen-bond acceptors (Lipinski definition) is 3. The van der Waals surface area contributed by atoms with Crippen molar-refractivity contribution in [2.75, 3.05) is 25.9 Å². The van der Waals surface area contributed by atoms with Crippen LogP contribution < -0.4 is 5.32 Å². The number of piperidine rings is 1. The molecule has 1 N–H and O–H groups in total. The van der Waals surface area contributed by atoms with Crippen molar-refractivity contribution in [1.29, 1.82) is 0 Å². The van der Waals surface area contributed by atoms with Crippen molar-refractivity contribution in [2.24, 2.45) is 5.92 Å². The summed E-state index contributed by atoms with van der Waals surface area (Å²) >= 11 is 2.07. The Balaban J connectivity index is 1.67. The van der Waals surface area contributed by atoms with Gasteiger partial charge in [-0.1, -0.05) is 20.3 Å². The van der Waals surface area contributed by atoms with Gasteiger partial charge in [-0.25, -0.2) is 0 Å². The van der Waals surface area contributed by atoms with Crippen molar-refractivity contribution in [2.45, 2.75) is 69.7 Å². The lowest BCUT2D eigenvalue weighted by Crippen LogP contribution is -2.48. The SMILES string of the molecule is CSC1CCCC(NC2CCN(CC(C)C)CC2)C1. The van der Waals surface area contributed by atoms with E-state index in [2.05, 4.69) is 42.1 Å². The van der Waals surface area contributed by atoms with Gasteiger partial charge in [-0.2, -0.15) is 11.8 Å². The minimum absolute atomic E-state index is 0.786. The lowest BCUT2D eigenvalue weighted by molar-refractivity contribution is 0.169. The number of rotatable bonds is 5. The zero-order chi connectivity index (χ0) is 13.7. The molecule has 1 aliphatic heterocycles. The lowest BCUT2D eigenvalue weighted by atomic mass is 9.93. The summed E-state index contributed by atoms with van der Waals surface area (Å²) in [6.45, 7) is 8.54. The molecule has 0 bridgehead atoms. The molecule has 112 valence electrons. The summed E-state index contributed by atoms with van der Waals surface area (Å²) in [5.41, 5.74) is 0. The van der Waals surface area contributed by atoms with E-state index in [-0.39, 0.29) is 0 Å². The first-order valence-electron chi connectivity index (χ1n) is 8.18. The van der Waals surface area contributed by atoms with Gasteiger partial charge in [0.05, 0.1) is 0 Å². The smallest absolute Gasteiger partial charge is 0.00940 e. The van der Waals surface area contributed by atoms with Crippen LogP contribution in [0.2, 0.25) is 0 Å². The molecule has 0 amide bonds. The fraction of sp³-hybridized carbons (Fsp3) is 1.00. The van der Waals surface area contributed by atoms with Gasteiger partial charge in [-0.15, -0.1) is 0 Å². The van der Waals surface area contributed by atoms with E-state index < -0.39 is 0 Å². The Kier molecular flexibility index (Phi) is 6.51. The number of hydrogen-bond donors (Lipinski definition) is 1. The van der Waals surface area contributed by atoms with Crippen LogP contribution in [0.5, 0.6) is 0 Å². The van der Waals surface area contributed by atoms with Crippen LogP contribution in [0.1, 0.15) is 52.4 Å².